The number of hydrogen-bond donors (Lipinski definition) is 1. The van der Waals surface area contributed by atoms with Gasteiger partial charge in [0.25, 0.3) is 5.22 Å². The van der Waals surface area contributed by atoms with E-state index < -0.39 is 40.1 Å². The number of halogens is 4. The van der Waals surface area contributed by atoms with E-state index in [2.05, 4.69) is 15.5 Å². The smallest absolute Gasteiger partial charge is 0.277 e. The molecule has 0 aliphatic heterocycles. The molecule has 1 amide bonds. The summed E-state index contributed by atoms with van der Waals surface area (Å²) in [7, 11) is 0. The Morgan fingerprint density at radius 3 is 2.44 bits per heavy atom. The molecule has 3 rings (SSSR count). The number of rotatable bonds is 5. The molecule has 1 heterocycles. The highest BCUT2D eigenvalue weighted by Gasteiger charge is 2.21. The number of thioether (sulfide) groups is 1. The molecule has 5 nitrogen and oxygen atoms in total. The highest BCUT2D eigenvalue weighted by molar-refractivity contribution is 8.00. The summed E-state index contributed by atoms with van der Waals surface area (Å²) in [5, 5.41) is 9.00. The van der Waals surface area contributed by atoms with E-state index >= 15 is 0 Å². The molecule has 0 bridgehead atoms. The number of nitrogens with zero attached hydrogens (tertiary/aromatic N) is 2. The SMILES string of the molecule is C[C@H](Sc1nnc(-c2ccc(F)cc2)o1)C(=O)Nc1ccc(F)c(F)c1F. The van der Waals surface area contributed by atoms with Crippen molar-refractivity contribution >= 4 is 23.4 Å². The van der Waals surface area contributed by atoms with E-state index in [1.807, 2.05) is 0 Å². The van der Waals surface area contributed by atoms with Crippen LogP contribution in [0.25, 0.3) is 11.5 Å². The van der Waals surface area contributed by atoms with Gasteiger partial charge in [-0.25, -0.2) is 17.6 Å². The van der Waals surface area contributed by atoms with Gasteiger partial charge in [0.1, 0.15) is 5.82 Å². The molecule has 27 heavy (non-hydrogen) atoms. The largest absolute Gasteiger partial charge is 0.411 e. The number of anilines is 1. The van der Waals surface area contributed by atoms with Crippen molar-refractivity contribution in [3.8, 4) is 11.5 Å². The van der Waals surface area contributed by atoms with Crippen molar-refractivity contribution < 1.29 is 26.8 Å². The second-order valence-corrected chi connectivity index (χ2v) is 6.64. The zero-order valence-electron chi connectivity index (χ0n) is 13.7. The number of carbonyl (C=O) groups is 1. The third-order valence-electron chi connectivity index (χ3n) is 3.44. The Bertz CT molecular complexity index is 979. The average molecular weight is 397 g/mol. The van der Waals surface area contributed by atoms with Crippen molar-refractivity contribution in [2.24, 2.45) is 0 Å². The van der Waals surface area contributed by atoms with Gasteiger partial charge < -0.3 is 9.73 Å². The van der Waals surface area contributed by atoms with Crippen LogP contribution in [0.5, 0.6) is 0 Å². The summed E-state index contributed by atoms with van der Waals surface area (Å²) in [6.45, 7) is 1.49. The fourth-order valence-corrected chi connectivity index (χ4v) is 2.71. The van der Waals surface area contributed by atoms with Crippen LogP contribution in [0.15, 0.2) is 46.0 Å². The van der Waals surface area contributed by atoms with E-state index in [4.69, 9.17) is 4.42 Å². The minimum absolute atomic E-state index is 0.0581. The number of aromatic nitrogens is 2. The summed E-state index contributed by atoms with van der Waals surface area (Å²) in [5.41, 5.74) is 0.0144. The first kappa shape index (κ1) is 18.9. The fourth-order valence-electron chi connectivity index (χ4n) is 2.03. The molecule has 0 aliphatic carbocycles. The summed E-state index contributed by atoms with van der Waals surface area (Å²) < 4.78 is 58.1. The van der Waals surface area contributed by atoms with Gasteiger partial charge in [0.05, 0.1) is 10.9 Å². The monoisotopic (exact) mass is 397 g/mol. The Balaban J connectivity index is 1.67. The summed E-state index contributed by atoms with van der Waals surface area (Å²) in [4.78, 5) is 12.1. The molecule has 0 spiro atoms. The number of hydrogen-bond acceptors (Lipinski definition) is 5. The van der Waals surface area contributed by atoms with Crippen LogP contribution < -0.4 is 5.32 Å². The molecule has 0 aliphatic rings. The van der Waals surface area contributed by atoms with Gasteiger partial charge in [-0.3, -0.25) is 4.79 Å². The molecule has 140 valence electrons. The summed E-state index contributed by atoms with van der Waals surface area (Å²) in [5.74, 6) is -5.47. The molecule has 3 aromatic rings. The van der Waals surface area contributed by atoms with Gasteiger partial charge in [0.2, 0.25) is 11.8 Å². The van der Waals surface area contributed by atoms with Crippen LogP contribution in [0.4, 0.5) is 23.2 Å². The Hall–Kier alpha value is -2.88. The van der Waals surface area contributed by atoms with Gasteiger partial charge >= 0.3 is 0 Å². The molecule has 0 radical (unpaired) electrons. The molecule has 2 aromatic carbocycles. The molecule has 1 aromatic heterocycles. The van der Waals surface area contributed by atoms with Gasteiger partial charge in [0.15, 0.2) is 17.5 Å². The van der Waals surface area contributed by atoms with Crippen LogP contribution >= 0.6 is 11.8 Å². The van der Waals surface area contributed by atoms with Crippen molar-refractivity contribution in [2.75, 3.05) is 5.32 Å². The molecule has 1 atom stereocenters. The highest BCUT2D eigenvalue weighted by atomic mass is 32.2. The van der Waals surface area contributed by atoms with E-state index in [1.54, 1.807) is 0 Å². The van der Waals surface area contributed by atoms with Gasteiger partial charge in [-0.15, -0.1) is 10.2 Å². The van der Waals surface area contributed by atoms with Gasteiger partial charge in [-0.05, 0) is 43.3 Å². The number of carbonyl (C=O) groups excluding carboxylic acids is 1. The quantitative estimate of drug-likeness (QED) is 0.392. The molecule has 0 fully saturated rings. The average Bonchev–Trinajstić information content (AvgIpc) is 3.11. The Morgan fingerprint density at radius 1 is 1.04 bits per heavy atom. The summed E-state index contributed by atoms with van der Waals surface area (Å²) in [6, 6.07) is 7.01. The van der Waals surface area contributed by atoms with Crippen LogP contribution in [0, 0.1) is 23.3 Å². The van der Waals surface area contributed by atoms with Crippen molar-refractivity contribution in [2.45, 2.75) is 17.4 Å². The lowest BCUT2D eigenvalue weighted by molar-refractivity contribution is -0.115. The first-order chi connectivity index (χ1) is 12.8. The van der Waals surface area contributed by atoms with Crippen LogP contribution in [-0.4, -0.2) is 21.4 Å². The van der Waals surface area contributed by atoms with Crippen LogP contribution in [-0.2, 0) is 4.79 Å². The van der Waals surface area contributed by atoms with E-state index in [0.29, 0.717) is 11.6 Å². The lowest BCUT2D eigenvalue weighted by Crippen LogP contribution is -2.23. The Labute approximate surface area is 154 Å². The molecule has 0 saturated carbocycles. The Morgan fingerprint density at radius 2 is 1.74 bits per heavy atom. The molecule has 10 heteroatoms. The maximum absolute atomic E-state index is 13.6. The second kappa shape index (κ2) is 7.78. The molecule has 0 unspecified atom stereocenters. The summed E-state index contributed by atoms with van der Waals surface area (Å²) in [6.07, 6.45) is 0. The first-order valence-electron chi connectivity index (χ1n) is 7.55. The third-order valence-corrected chi connectivity index (χ3v) is 4.37. The number of benzene rings is 2. The van der Waals surface area contributed by atoms with Gasteiger partial charge in [0, 0.05) is 5.56 Å². The van der Waals surface area contributed by atoms with Crippen LogP contribution in [0.2, 0.25) is 0 Å². The predicted molar refractivity (Wildman–Crippen MR) is 90.0 cm³/mol. The normalized spacial score (nSPS) is 12.0. The topological polar surface area (TPSA) is 68.0 Å². The fraction of sp³-hybridized carbons (Fsp3) is 0.118. The van der Waals surface area contributed by atoms with Crippen LogP contribution in [0.1, 0.15) is 6.92 Å². The van der Waals surface area contributed by atoms with Crippen molar-refractivity contribution in [1.29, 1.82) is 0 Å². The lowest BCUT2D eigenvalue weighted by atomic mass is 10.2. The maximum atomic E-state index is 13.6. The number of nitrogens with one attached hydrogen (secondary N) is 1. The molecular formula is C17H11F4N3O2S. The maximum Gasteiger partial charge on any atom is 0.277 e. The molecular weight excluding hydrogens is 386 g/mol. The summed E-state index contributed by atoms with van der Waals surface area (Å²) >= 11 is 0.886. The minimum Gasteiger partial charge on any atom is -0.411 e. The third kappa shape index (κ3) is 4.27. The zero-order valence-corrected chi connectivity index (χ0v) is 14.5. The second-order valence-electron chi connectivity index (χ2n) is 5.35. The van der Waals surface area contributed by atoms with E-state index in [1.165, 1.54) is 31.2 Å². The number of amides is 1. The van der Waals surface area contributed by atoms with E-state index in [0.717, 1.165) is 17.8 Å². The van der Waals surface area contributed by atoms with Gasteiger partial charge in [-0.2, -0.15) is 0 Å². The van der Waals surface area contributed by atoms with Crippen molar-refractivity contribution in [3.05, 3.63) is 59.7 Å². The van der Waals surface area contributed by atoms with Crippen LogP contribution in [0.3, 0.4) is 0 Å². The minimum atomic E-state index is -1.67. The van der Waals surface area contributed by atoms with Crippen molar-refractivity contribution in [1.82, 2.24) is 10.2 Å². The van der Waals surface area contributed by atoms with E-state index in [-0.39, 0.29) is 11.1 Å². The highest BCUT2D eigenvalue weighted by Crippen LogP contribution is 2.27. The van der Waals surface area contributed by atoms with Crippen molar-refractivity contribution in [3.63, 3.8) is 0 Å². The van der Waals surface area contributed by atoms with Gasteiger partial charge in [-0.1, -0.05) is 11.8 Å². The first-order valence-corrected chi connectivity index (χ1v) is 8.43. The molecule has 0 saturated heterocycles. The molecule has 1 N–H and O–H groups in total. The standard InChI is InChI=1S/C17H11F4N3O2S/c1-8(15(25)22-12-7-6-11(19)13(20)14(12)21)27-17-24-23-16(26-17)9-2-4-10(18)5-3-9/h2-8H,1H3,(H,22,25)/t8-/m0/s1. The lowest BCUT2D eigenvalue weighted by Gasteiger charge is -2.11. The zero-order chi connectivity index (χ0) is 19.6. The van der Waals surface area contributed by atoms with E-state index in [9.17, 15) is 22.4 Å². The Kier molecular flexibility index (Phi) is 5.45. The predicted octanol–water partition coefficient (Wildman–Crippen LogP) is 4.41.